The Bertz CT molecular complexity index is 555. The Morgan fingerprint density at radius 1 is 1.24 bits per heavy atom. The summed E-state index contributed by atoms with van der Waals surface area (Å²) in [6.45, 7) is 0. The van der Waals surface area contributed by atoms with Gasteiger partial charge in [-0.2, -0.15) is 0 Å². The summed E-state index contributed by atoms with van der Waals surface area (Å²) in [5, 5.41) is 0. The fourth-order valence-electron chi connectivity index (χ4n) is 1.47. The fraction of sp³-hybridized carbons (Fsp3) is 0.0769. The zero-order chi connectivity index (χ0) is 12.3. The fourth-order valence-corrected chi connectivity index (χ4v) is 1.83. The molecular weight excluding hydrogens is 282 g/mol. The van der Waals surface area contributed by atoms with E-state index in [4.69, 9.17) is 4.74 Å². The second-order valence-electron chi connectivity index (χ2n) is 3.45. The molecule has 0 saturated heterocycles. The monoisotopic (exact) mass is 291 g/mol. The number of methoxy groups -OCH3 is 1. The number of benzene rings is 1. The normalized spacial score (nSPS) is 10.0. The number of aromatic nitrogens is 1. The van der Waals surface area contributed by atoms with Crippen LogP contribution in [0.2, 0.25) is 0 Å². The van der Waals surface area contributed by atoms with Crippen molar-refractivity contribution in [2.75, 3.05) is 7.11 Å². The Morgan fingerprint density at radius 2 is 2.06 bits per heavy atom. The van der Waals surface area contributed by atoms with Gasteiger partial charge in [-0.15, -0.1) is 0 Å². The molecule has 4 heteroatoms. The van der Waals surface area contributed by atoms with Gasteiger partial charge in [0, 0.05) is 28.0 Å². The average Bonchev–Trinajstić information content (AvgIpc) is 2.38. The van der Waals surface area contributed by atoms with Crippen molar-refractivity contribution in [3.05, 3.63) is 58.3 Å². The highest BCUT2D eigenvalue weighted by Gasteiger charge is 2.10. The van der Waals surface area contributed by atoms with E-state index < -0.39 is 0 Å². The summed E-state index contributed by atoms with van der Waals surface area (Å²) in [5.41, 5.74) is 1.14. The Kier molecular flexibility index (Phi) is 3.54. The van der Waals surface area contributed by atoms with E-state index in [-0.39, 0.29) is 5.78 Å². The third-order valence-corrected chi connectivity index (χ3v) is 2.73. The number of ketones is 1. The van der Waals surface area contributed by atoms with Gasteiger partial charge < -0.3 is 4.74 Å². The molecule has 17 heavy (non-hydrogen) atoms. The molecule has 0 bridgehead atoms. The summed E-state index contributed by atoms with van der Waals surface area (Å²) < 4.78 is 5.87. The second-order valence-corrected chi connectivity index (χ2v) is 4.37. The highest BCUT2D eigenvalue weighted by atomic mass is 79.9. The minimum Gasteiger partial charge on any atom is -0.497 e. The lowest BCUT2D eigenvalue weighted by Gasteiger charge is -2.04. The zero-order valence-electron chi connectivity index (χ0n) is 9.18. The molecular formula is C13H10BrNO2. The lowest BCUT2D eigenvalue weighted by atomic mass is 10.1. The maximum Gasteiger partial charge on any atom is 0.194 e. The van der Waals surface area contributed by atoms with Crippen LogP contribution in [0.15, 0.2) is 47.2 Å². The smallest absolute Gasteiger partial charge is 0.194 e. The van der Waals surface area contributed by atoms with Gasteiger partial charge in [0.15, 0.2) is 5.78 Å². The van der Waals surface area contributed by atoms with Gasteiger partial charge in [0.2, 0.25) is 0 Å². The number of pyridine rings is 1. The van der Waals surface area contributed by atoms with Crippen molar-refractivity contribution in [1.29, 1.82) is 0 Å². The molecule has 0 atom stereocenters. The first-order valence-corrected chi connectivity index (χ1v) is 5.79. The third kappa shape index (κ3) is 2.71. The molecule has 0 radical (unpaired) electrons. The molecule has 0 spiro atoms. The van der Waals surface area contributed by atoms with Crippen molar-refractivity contribution >= 4 is 21.7 Å². The maximum absolute atomic E-state index is 12.2. The summed E-state index contributed by atoms with van der Waals surface area (Å²) in [5.74, 6) is 0.594. The Labute approximate surface area is 108 Å². The standard InChI is InChI=1S/C13H10BrNO2/c1-17-12-4-2-3-9(6-12)13(16)10-5-11(14)8-15-7-10/h2-8H,1H3. The summed E-state index contributed by atoms with van der Waals surface area (Å²) in [6.07, 6.45) is 3.19. The van der Waals surface area contributed by atoms with Crippen LogP contribution in [0.3, 0.4) is 0 Å². The van der Waals surface area contributed by atoms with E-state index in [2.05, 4.69) is 20.9 Å². The average molecular weight is 292 g/mol. The number of carbonyl (C=O) groups excluding carboxylic acids is 1. The first kappa shape index (κ1) is 11.8. The molecule has 0 aliphatic rings. The summed E-state index contributed by atoms with van der Waals surface area (Å²) in [4.78, 5) is 16.1. The van der Waals surface area contributed by atoms with E-state index in [0.717, 1.165) is 4.47 Å². The van der Waals surface area contributed by atoms with Crippen LogP contribution < -0.4 is 4.74 Å². The van der Waals surface area contributed by atoms with Gasteiger partial charge in [-0.3, -0.25) is 9.78 Å². The van der Waals surface area contributed by atoms with E-state index in [1.165, 1.54) is 0 Å². The lowest BCUT2D eigenvalue weighted by molar-refractivity contribution is 0.103. The quantitative estimate of drug-likeness (QED) is 0.816. The molecule has 3 nitrogen and oxygen atoms in total. The molecule has 0 fully saturated rings. The van der Waals surface area contributed by atoms with Crippen LogP contribution in [-0.2, 0) is 0 Å². The van der Waals surface area contributed by atoms with Gasteiger partial charge in [-0.05, 0) is 34.1 Å². The minimum absolute atomic E-state index is 0.0716. The minimum atomic E-state index is -0.0716. The summed E-state index contributed by atoms with van der Waals surface area (Å²) in [6, 6.07) is 8.80. The lowest BCUT2D eigenvalue weighted by Crippen LogP contribution is -2.02. The predicted octanol–water partition coefficient (Wildman–Crippen LogP) is 3.08. The largest absolute Gasteiger partial charge is 0.497 e. The van der Waals surface area contributed by atoms with Gasteiger partial charge in [-0.1, -0.05) is 12.1 Å². The van der Waals surface area contributed by atoms with Gasteiger partial charge in [0.05, 0.1) is 7.11 Å². The molecule has 1 aromatic heterocycles. The number of halogens is 1. The van der Waals surface area contributed by atoms with Crippen molar-refractivity contribution in [1.82, 2.24) is 4.98 Å². The SMILES string of the molecule is COc1cccc(C(=O)c2cncc(Br)c2)c1. The third-order valence-electron chi connectivity index (χ3n) is 2.30. The van der Waals surface area contributed by atoms with Crippen LogP contribution in [0.1, 0.15) is 15.9 Å². The number of rotatable bonds is 3. The highest BCUT2D eigenvalue weighted by Crippen LogP contribution is 2.17. The first-order chi connectivity index (χ1) is 8.20. The Balaban J connectivity index is 2.36. The van der Waals surface area contributed by atoms with Crippen molar-refractivity contribution in [2.45, 2.75) is 0 Å². The molecule has 0 aliphatic heterocycles. The predicted molar refractivity (Wildman–Crippen MR) is 68.4 cm³/mol. The molecule has 0 amide bonds. The zero-order valence-corrected chi connectivity index (χ0v) is 10.8. The van der Waals surface area contributed by atoms with E-state index in [9.17, 15) is 4.79 Å². The van der Waals surface area contributed by atoms with Crippen LogP contribution in [0.4, 0.5) is 0 Å². The molecule has 86 valence electrons. The van der Waals surface area contributed by atoms with Crippen molar-refractivity contribution < 1.29 is 9.53 Å². The number of ether oxygens (including phenoxy) is 1. The van der Waals surface area contributed by atoms with Gasteiger partial charge in [-0.25, -0.2) is 0 Å². The molecule has 2 aromatic rings. The van der Waals surface area contributed by atoms with Crippen molar-refractivity contribution in [2.24, 2.45) is 0 Å². The van der Waals surface area contributed by atoms with Crippen molar-refractivity contribution in [3.8, 4) is 5.75 Å². The van der Waals surface area contributed by atoms with E-state index >= 15 is 0 Å². The molecule has 0 N–H and O–H groups in total. The molecule has 2 rings (SSSR count). The Hall–Kier alpha value is -1.68. The first-order valence-electron chi connectivity index (χ1n) is 5.00. The van der Waals surface area contributed by atoms with Crippen LogP contribution in [0.5, 0.6) is 5.75 Å². The summed E-state index contributed by atoms with van der Waals surface area (Å²) in [7, 11) is 1.57. The number of nitrogens with zero attached hydrogens (tertiary/aromatic N) is 1. The molecule has 0 aliphatic carbocycles. The number of hydrogen-bond acceptors (Lipinski definition) is 3. The van der Waals surface area contributed by atoms with Crippen LogP contribution in [-0.4, -0.2) is 17.9 Å². The van der Waals surface area contributed by atoms with E-state index in [0.29, 0.717) is 16.9 Å². The topological polar surface area (TPSA) is 39.2 Å². The van der Waals surface area contributed by atoms with Crippen LogP contribution >= 0.6 is 15.9 Å². The van der Waals surface area contributed by atoms with Crippen molar-refractivity contribution in [3.63, 3.8) is 0 Å². The highest BCUT2D eigenvalue weighted by molar-refractivity contribution is 9.10. The Morgan fingerprint density at radius 3 is 2.76 bits per heavy atom. The van der Waals surface area contributed by atoms with Gasteiger partial charge in [0.1, 0.15) is 5.75 Å². The van der Waals surface area contributed by atoms with E-state index in [1.54, 1.807) is 49.8 Å². The molecule has 1 heterocycles. The summed E-state index contributed by atoms with van der Waals surface area (Å²) >= 11 is 3.29. The van der Waals surface area contributed by atoms with Crippen LogP contribution in [0, 0.1) is 0 Å². The van der Waals surface area contributed by atoms with Gasteiger partial charge in [0.25, 0.3) is 0 Å². The second kappa shape index (κ2) is 5.10. The van der Waals surface area contributed by atoms with Crippen LogP contribution in [0.25, 0.3) is 0 Å². The molecule has 1 aromatic carbocycles. The number of carbonyl (C=O) groups is 1. The maximum atomic E-state index is 12.2. The molecule has 0 saturated carbocycles. The van der Waals surface area contributed by atoms with Gasteiger partial charge >= 0.3 is 0 Å². The number of hydrogen-bond donors (Lipinski definition) is 0. The molecule has 0 unspecified atom stereocenters. The van der Waals surface area contributed by atoms with E-state index in [1.807, 2.05) is 0 Å².